The molecule has 0 saturated heterocycles. The molecule has 0 radical (unpaired) electrons. The van der Waals surface area contributed by atoms with E-state index >= 15 is 0 Å². The number of fused-ring (bicyclic) bond motifs is 1. The Kier molecular flexibility index (Phi) is 4.68. The van der Waals surface area contributed by atoms with E-state index in [4.69, 9.17) is 0 Å². The van der Waals surface area contributed by atoms with E-state index in [-0.39, 0.29) is 5.91 Å². The number of hydrogen-bond acceptors (Lipinski definition) is 3. The molecule has 1 heterocycles. The molecule has 4 rings (SSSR count). The summed E-state index contributed by atoms with van der Waals surface area (Å²) in [5.74, 6) is 0.760. The summed E-state index contributed by atoms with van der Waals surface area (Å²) in [6, 6.07) is 10.6. The molecule has 1 saturated carbocycles. The number of anilines is 2. The van der Waals surface area contributed by atoms with Gasteiger partial charge in [0.25, 0.3) is 5.91 Å². The van der Waals surface area contributed by atoms with Crippen molar-refractivity contribution >= 4 is 17.4 Å². The van der Waals surface area contributed by atoms with Crippen LogP contribution in [0.5, 0.6) is 0 Å². The predicted octanol–water partition coefficient (Wildman–Crippen LogP) is 4.38. The van der Waals surface area contributed by atoms with Crippen molar-refractivity contribution < 1.29 is 4.79 Å². The standard InChI is InChI=1S/C21H25N3O/c25-21(24-18-7-2-1-3-8-18)17-10-12-20(22-14-17)23-19-11-9-15-5-4-6-16(15)13-19/h9-14,18H,1-8H2,(H,22,23)(H,24,25). The van der Waals surface area contributed by atoms with E-state index in [9.17, 15) is 4.79 Å². The lowest BCUT2D eigenvalue weighted by Crippen LogP contribution is -2.36. The number of hydrogen-bond donors (Lipinski definition) is 2. The van der Waals surface area contributed by atoms with Crippen LogP contribution in [0, 0.1) is 0 Å². The second-order valence-electron chi connectivity index (χ2n) is 7.20. The SMILES string of the molecule is O=C(NC1CCCCC1)c1ccc(Nc2ccc3c(c2)CCC3)nc1. The number of aromatic nitrogens is 1. The van der Waals surface area contributed by atoms with Gasteiger partial charge in [-0.3, -0.25) is 4.79 Å². The summed E-state index contributed by atoms with van der Waals surface area (Å²) in [5, 5.41) is 6.47. The van der Waals surface area contributed by atoms with Gasteiger partial charge in [-0.2, -0.15) is 0 Å². The zero-order valence-corrected chi connectivity index (χ0v) is 14.6. The first-order chi connectivity index (χ1) is 12.3. The maximum absolute atomic E-state index is 12.3. The van der Waals surface area contributed by atoms with E-state index in [0.717, 1.165) is 24.3 Å². The van der Waals surface area contributed by atoms with E-state index in [2.05, 4.69) is 33.8 Å². The molecule has 4 nitrogen and oxygen atoms in total. The molecule has 2 aliphatic carbocycles. The van der Waals surface area contributed by atoms with Gasteiger partial charge >= 0.3 is 0 Å². The van der Waals surface area contributed by atoms with Crippen LogP contribution in [-0.2, 0) is 12.8 Å². The molecule has 2 aromatic rings. The molecule has 1 aromatic carbocycles. The summed E-state index contributed by atoms with van der Waals surface area (Å²) in [6.45, 7) is 0. The Morgan fingerprint density at radius 2 is 1.80 bits per heavy atom. The van der Waals surface area contributed by atoms with E-state index in [1.807, 2.05) is 12.1 Å². The van der Waals surface area contributed by atoms with Crippen LogP contribution in [0.2, 0.25) is 0 Å². The van der Waals surface area contributed by atoms with Crippen molar-refractivity contribution in [1.29, 1.82) is 0 Å². The fourth-order valence-corrected chi connectivity index (χ4v) is 3.92. The monoisotopic (exact) mass is 335 g/mol. The van der Waals surface area contributed by atoms with E-state index in [0.29, 0.717) is 11.6 Å². The molecule has 2 N–H and O–H groups in total. The Hall–Kier alpha value is -2.36. The lowest BCUT2D eigenvalue weighted by atomic mass is 9.95. The molecule has 0 unspecified atom stereocenters. The third-order valence-corrected chi connectivity index (χ3v) is 5.34. The number of carbonyl (C=O) groups is 1. The van der Waals surface area contributed by atoms with Crippen molar-refractivity contribution in [2.75, 3.05) is 5.32 Å². The molecule has 0 bridgehead atoms. The Labute approximate surface area is 149 Å². The number of nitrogens with zero attached hydrogens (tertiary/aromatic N) is 1. The second kappa shape index (κ2) is 7.26. The molecule has 2 aliphatic rings. The molecule has 1 amide bonds. The van der Waals surface area contributed by atoms with E-state index < -0.39 is 0 Å². The van der Waals surface area contributed by atoms with Crippen LogP contribution < -0.4 is 10.6 Å². The van der Waals surface area contributed by atoms with Crippen molar-refractivity contribution in [2.45, 2.75) is 57.4 Å². The summed E-state index contributed by atoms with van der Waals surface area (Å²) in [4.78, 5) is 16.7. The highest BCUT2D eigenvalue weighted by atomic mass is 16.1. The van der Waals surface area contributed by atoms with Gasteiger partial charge in [0.1, 0.15) is 5.82 Å². The van der Waals surface area contributed by atoms with Gasteiger partial charge in [-0.05, 0) is 67.5 Å². The van der Waals surface area contributed by atoms with Crippen molar-refractivity contribution in [3.8, 4) is 0 Å². The normalized spacial score (nSPS) is 17.1. The van der Waals surface area contributed by atoms with Crippen molar-refractivity contribution in [1.82, 2.24) is 10.3 Å². The maximum Gasteiger partial charge on any atom is 0.253 e. The average Bonchev–Trinajstić information content (AvgIpc) is 3.11. The third-order valence-electron chi connectivity index (χ3n) is 5.34. The Morgan fingerprint density at radius 3 is 2.60 bits per heavy atom. The van der Waals surface area contributed by atoms with Gasteiger partial charge < -0.3 is 10.6 Å². The molecule has 0 spiro atoms. The van der Waals surface area contributed by atoms with E-state index in [1.54, 1.807) is 6.20 Å². The average molecular weight is 335 g/mol. The number of aryl methyl sites for hydroxylation is 2. The number of carbonyl (C=O) groups excluding carboxylic acids is 1. The van der Waals surface area contributed by atoms with Gasteiger partial charge in [0.15, 0.2) is 0 Å². The first-order valence-electron chi connectivity index (χ1n) is 9.44. The van der Waals surface area contributed by atoms with Crippen LogP contribution in [-0.4, -0.2) is 16.9 Å². The largest absolute Gasteiger partial charge is 0.349 e. The van der Waals surface area contributed by atoms with Crippen LogP contribution in [0.15, 0.2) is 36.5 Å². The van der Waals surface area contributed by atoms with Crippen molar-refractivity contribution in [3.63, 3.8) is 0 Å². The summed E-state index contributed by atoms with van der Waals surface area (Å²) >= 11 is 0. The van der Waals surface area contributed by atoms with Gasteiger partial charge in [-0.15, -0.1) is 0 Å². The molecule has 130 valence electrons. The third kappa shape index (κ3) is 3.84. The van der Waals surface area contributed by atoms with Gasteiger partial charge in [0, 0.05) is 17.9 Å². The molecular formula is C21H25N3O. The van der Waals surface area contributed by atoms with E-state index in [1.165, 1.54) is 49.7 Å². The van der Waals surface area contributed by atoms with Crippen LogP contribution in [0.4, 0.5) is 11.5 Å². The zero-order valence-electron chi connectivity index (χ0n) is 14.6. The van der Waals surface area contributed by atoms with Crippen LogP contribution in [0.25, 0.3) is 0 Å². The molecular weight excluding hydrogens is 310 g/mol. The number of nitrogens with one attached hydrogen (secondary N) is 2. The molecule has 25 heavy (non-hydrogen) atoms. The maximum atomic E-state index is 12.3. The van der Waals surface area contributed by atoms with Crippen LogP contribution >= 0.6 is 0 Å². The Morgan fingerprint density at radius 1 is 0.960 bits per heavy atom. The predicted molar refractivity (Wildman–Crippen MR) is 100 cm³/mol. The van der Waals surface area contributed by atoms with Crippen LogP contribution in [0.1, 0.15) is 60.0 Å². The number of rotatable bonds is 4. The lowest BCUT2D eigenvalue weighted by molar-refractivity contribution is 0.0927. The Balaban J connectivity index is 1.38. The highest BCUT2D eigenvalue weighted by molar-refractivity contribution is 5.94. The first kappa shape index (κ1) is 16.1. The number of amides is 1. The second-order valence-corrected chi connectivity index (χ2v) is 7.20. The topological polar surface area (TPSA) is 54.0 Å². The summed E-state index contributed by atoms with van der Waals surface area (Å²) in [7, 11) is 0. The van der Waals surface area contributed by atoms with Gasteiger partial charge in [0.2, 0.25) is 0 Å². The fourth-order valence-electron chi connectivity index (χ4n) is 3.92. The van der Waals surface area contributed by atoms with Crippen molar-refractivity contribution in [2.24, 2.45) is 0 Å². The minimum atomic E-state index is -0.0107. The highest BCUT2D eigenvalue weighted by Crippen LogP contribution is 2.26. The van der Waals surface area contributed by atoms with Crippen molar-refractivity contribution in [3.05, 3.63) is 53.2 Å². The number of pyridine rings is 1. The minimum absolute atomic E-state index is 0.0107. The van der Waals surface area contributed by atoms with Gasteiger partial charge in [0.05, 0.1) is 5.56 Å². The summed E-state index contributed by atoms with van der Waals surface area (Å²) in [6.07, 6.45) is 11.2. The lowest BCUT2D eigenvalue weighted by Gasteiger charge is -2.22. The molecule has 0 atom stereocenters. The molecule has 4 heteroatoms. The molecule has 0 aliphatic heterocycles. The fraction of sp³-hybridized carbons (Fsp3) is 0.429. The quantitative estimate of drug-likeness (QED) is 0.872. The highest BCUT2D eigenvalue weighted by Gasteiger charge is 2.17. The van der Waals surface area contributed by atoms with Crippen LogP contribution in [0.3, 0.4) is 0 Å². The Bertz CT molecular complexity index is 748. The molecule has 1 fully saturated rings. The minimum Gasteiger partial charge on any atom is -0.349 e. The smallest absolute Gasteiger partial charge is 0.253 e. The zero-order chi connectivity index (χ0) is 17.1. The number of benzene rings is 1. The molecule has 1 aromatic heterocycles. The summed E-state index contributed by atoms with van der Waals surface area (Å²) in [5.41, 5.74) is 4.60. The van der Waals surface area contributed by atoms with Gasteiger partial charge in [-0.25, -0.2) is 4.98 Å². The summed E-state index contributed by atoms with van der Waals surface area (Å²) < 4.78 is 0. The first-order valence-corrected chi connectivity index (χ1v) is 9.44. The van der Waals surface area contributed by atoms with Gasteiger partial charge in [-0.1, -0.05) is 25.3 Å².